The van der Waals surface area contributed by atoms with E-state index in [0.29, 0.717) is 6.54 Å². The van der Waals surface area contributed by atoms with Crippen molar-refractivity contribution >= 4 is 12.4 Å². The van der Waals surface area contributed by atoms with E-state index < -0.39 is 6.10 Å². The first-order valence-corrected chi connectivity index (χ1v) is 9.69. The molecule has 0 amide bonds. The Hall–Kier alpha value is -2.69. The second-order valence-corrected chi connectivity index (χ2v) is 6.98. The lowest BCUT2D eigenvalue weighted by molar-refractivity contribution is 0.0638. The number of aliphatic hydroxyl groups excluding tert-OH is 1. The molecule has 1 N–H and O–H groups in total. The van der Waals surface area contributed by atoms with Crippen LogP contribution in [0.2, 0.25) is 0 Å². The molecule has 0 spiro atoms. The van der Waals surface area contributed by atoms with Gasteiger partial charge in [-0.2, -0.15) is 0 Å². The Morgan fingerprint density at radius 3 is 2.86 bits per heavy atom. The molecule has 0 saturated heterocycles. The Kier molecular flexibility index (Phi) is 7.18. The van der Waals surface area contributed by atoms with Crippen molar-refractivity contribution in [1.29, 1.82) is 0 Å². The number of hydrogen-bond acceptors (Lipinski definition) is 4. The molecule has 4 nitrogen and oxygen atoms in total. The van der Waals surface area contributed by atoms with Crippen LogP contribution in [0.3, 0.4) is 0 Å². The van der Waals surface area contributed by atoms with Gasteiger partial charge in [-0.05, 0) is 49.4 Å². The minimum atomic E-state index is -0.538. The highest BCUT2D eigenvalue weighted by Gasteiger charge is 2.18. The average molecular weight is 377 g/mol. The molecule has 0 aromatic heterocycles. The molecule has 0 aliphatic carbocycles. The van der Waals surface area contributed by atoms with Gasteiger partial charge in [-0.25, -0.2) is 0 Å². The maximum Gasteiger partial charge on any atom is 0.120 e. The molecular formula is C24H28N2O2. The zero-order chi connectivity index (χ0) is 19.8. The fraction of sp³-hybridized carbons (Fsp3) is 0.292. The lowest BCUT2D eigenvalue weighted by Gasteiger charge is -2.30. The van der Waals surface area contributed by atoms with E-state index in [4.69, 9.17) is 4.74 Å². The SMILES string of the molecule is C=N/C(=C\C=C/C)c1cccc(OCC(O)CN2CCc3ccccc3C2)c1. The van der Waals surface area contributed by atoms with Gasteiger partial charge in [0.25, 0.3) is 0 Å². The average Bonchev–Trinajstić information content (AvgIpc) is 2.73. The number of rotatable bonds is 8. The van der Waals surface area contributed by atoms with Gasteiger partial charge in [0.2, 0.25) is 0 Å². The maximum atomic E-state index is 10.4. The predicted octanol–water partition coefficient (Wildman–Crippen LogP) is 4.10. The first-order valence-electron chi connectivity index (χ1n) is 9.69. The van der Waals surface area contributed by atoms with Crippen molar-refractivity contribution < 1.29 is 9.84 Å². The fourth-order valence-electron chi connectivity index (χ4n) is 3.43. The van der Waals surface area contributed by atoms with Crippen LogP contribution in [0.5, 0.6) is 5.75 Å². The summed E-state index contributed by atoms with van der Waals surface area (Å²) >= 11 is 0. The van der Waals surface area contributed by atoms with Crippen LogP contribution >= 0.6 is 0 Å². The quantitative estimate of drug-likeness (QED) is 0.557. The summed E-state index contributed by atoms with van der Waals surface area (Å²) in [5.74, 6) is 0.718. The van der Waals surface area contributed by atoms with Gasteiger partial charge in [-0.3, -0.25) is 9.89 Å². The minimum Gasteiger partial charge on any atom is -0.491 e. The standard InChI is InChI=1S/C24H28N2O2/c1-3-4-12-24(25-2)20-10-7-11-23(15-20)28-18-22(27)17-26-14-13-19-8-5-6-9-21(19)16-26/h3-12,15,22,27H,2,13-14,16-18H2,1H3/b4-3-,24-12-. The number of allylic oxidation sites excluding steroid dienone is 3. The molecule has 1 aliphatic rings. The molecule has 4 heteroatoms. The van der Waals surface area contributed by atoms with Crippen molar-refractivity contribution in [3.63, 3.8) is 0 Å². The van der Waals surface area contributed by atoms with Gasteiger partial charge in [0.05, 0.1) is 5.70 Å². The summed E-state index contributed by atoms with van der Waals surface area (Å²) in [6, 6.07) is 16.2. The molecular weight excluding hydrogens is 348 g/mol. The number of nitrogens with zero attached hydrogens (tertiary/aromatic N) is 2. The topological polar surface area (TPSA) is 45.1 Å². The molecule has 1 heterocycles. The summed E-state index contributed by atoms with van der Waals surface area (Å²) in [4.78, 5) is 6.36. The molecule has 146 valence electrons. The monoisotopic (exact) mass is 376 g/mol. The van der Waals surface area contributed by atoms with Crippen molar-refractivity contribution in [3.05, 3.63) is 83.4 Å². The fourth-order valence-corrected chi connectivity index (χ4v) is 3.43. The van der Waals surface area contributed by atoms with E-state index in [1.54, 1.807) is 0 Å². The Bertz CT molecular complexity index is 857. The van der Waals surface area contributed by atoms with Gasteiger partial charge in [0, 0.05) is 25.2 Å². The summed E-state index contributed by atoms with van der Waals surface area (Å²) in [5, 5.41) is 10.4. The van der Waals surface area contributed by atoms with Crippen molar-refractivity contribution in [1.82, 2.24) is 4.90 Å². The third-order valence-corrected chi connectivity index (χ3v) is 4.87. The van der Waals surface area contributed by atoms with E-state index in [2.05, 4.69) is 40.9 Å². The molecule has 0 radical (unpaired) electrons. The van der Waals surface area contributed by atoms with Crippen LogP contribution in [-0.2, 0) is 13.0 Å². The van der Waals surface area contributed by atoms with E-state index in [0.717, 1.165) is 36.5 Å². The van der Waals surface area contributed by atoms with Crippen molar-refractivity contribution in [2.24, 2.45) is 4.99 Å². The van der Waals surface area contributed by atoms with Gasteiger partial charge < -0.3 is 9.84 Å². The number of aliphatic hydroxyl groups is 1. The Morgan fingerprint density at radius 2 is 2.07 bits per heavy atom. The smallest absolute Gasteiger partial charge is 0.120 e. The second kappa shape index (κ2) is 10.0. The summed E-state index contributed by atoms with van der Waals surface area (Å²) < 4.78 is 5.83. The second-order valence-electron chi connectivity index (χ2n) is 6.98. The van der Waals surface area contributed by atoms with E-state index in [1.165, 1.54) is 11.1 Å². The summed E-state index contributed by atoms with van der Waals surface area (Å²) in [6.45, 7) is 8.31. The first kappa shape index (κ1) is 20.1. The highest BCUT2D eigenvalue weighted by molar-refractivity contribution is 5.70. The van der Waals surface area contributed by atoms with E-state index in [9.17, 15) is 5.11 Å². The third kappa shape index (κ3) is 5.41. The largest absolute Gasteiger partial charge is 0.491 e. The van der Waals surface area contributed by atoms with Crippen molar-refractivity contribution in [2.45, 2.75) is 26.0 Å². The van der Waals surface area contributed by atoms with Crippen LogP contribution in [0.1, 0.15) is 23.6 Å². The molecule has 1 unspecified atom stereocenters. The molecule has 2 aromatic rings. The molecule has 1 aliphatic heterocycles. The van der Waals surface area contributed by atoms with Crippen molar-refractivity contribution in [2.75, 3.05) is 19.7 Å². The predicted molar refractivity (Wildman–Crippen MR) is 116 cm³/mol. The Balaban J connectivity index is 1.54. The van der Waals surface area contributed by atoms with Crippen molar-refractivity contribution in [3.8, 4) is 5.75 Å². The zero-order valence-corrected chi connectivity index (χ0v) is 16.4. The summed E-state index contributed by atoms with van der Waals surface area (Å²) in [7, 11) is 0. The minimum absolute atomic E-state index is 0.261. The number of benzene rings is 2. The summed E-state index contributed by atoms with van der Waals surface area (Å²) in [5.41, 5.74) is 4.50. The number of fused-ring (bicyclic) bond motifs is 1. The molecule has 3 rings (SSSR count). The van der Waals surface area contributed by atoms with Gasteiger partial charge in [-0.15, -0.1) is 0 Å². The van der Waals surface area contributed by atoms with E-state index >= 15 is 0 Å². The highest BCUT2D eigenvalue weighted by atomic mass is 16.5. The summed E-state index contributed by atoms with van der Waals surface area (Å²) in [6.07, 6.45) is 6.28. The number of aliphatic imine (C=N–C) groups is 1. The zero-order valence-electron chi connectivity index (χ0n) is 16.4. The Labute approximate surface area is 167 Å². The van der Waals surface area contributed by atoms with Crippen LogP contribution in [0.4, 0.5) is 0 Å². The first-order chi connectivity index (χ1) is 13.7. The number of ether oxygens (including phenoxy) is 1. The van der Waals surface area contributed by atoms with Gasteiger partial charge in [-0.1, -0.05) is 48.6 Å². The lowest BCUT2D eigenvalue weighted by Crippen LogP contribution is -2.38. The van der Waals surface area contributed by atoms with Crippen LogP contribution in [-0.4, -0.2) is 42.5 Å². The lowest BCUT2D eigenvalue weighted by atomic mass is 10.00. The van der Waals surface area contributed by atoms with E-state index in [-0.39, 0.29) is 6.61 Å². The van der Waals surface area contributed by atoms with Gasteiger partial charge >= 0.3 is 0 Å². The van der Waals surface area contributed by atoms with Gasteiger partial charge in [0.1, 0.15) is 18.5 Å². The molecule has 0 fully saturated rings. The molecule has 28 heavy (non-hydrogen) atoms. The van der Waals surface area contributed by atoms with Crippen LogP contribution in [0.25, 0.3) is 5.70 Å². The van der Waals surface area contributed by atoms with Crippen LogP contribution in [0, 0.1) is 0 Å². The van der Waals surface area contributed by atoms with E-state index in [1.807, 2.05) is 49.4 Å². The Morgan fingerprint density at radius 1 is 1.25 bits per heavy atom. The maximum absolute atomic E-state index is 10.4. The molecule has 1 atom stereocenters. The van der Waals surface area contributed by atoms with Crippen LogP contribution in [0.15, 0.2) is 71.8 Å². The normalized spacial score (nSPS) is 16.0. The van der Waals surface area contributed by atoms with Crippen LogP contribution < -0.4 is 4.74 Å². The highest BCUT2D eigenvalue weighted by Crippen LogP contribution is 2.22. The number of β-amino-alcohol motifs (C(OH)–C–C–N with tert-alkyl or cyclic N) is 1. The number of hydrogen-bond donors (Lipinski definition) is 1. The van der Waals surface area contributed by atoms with Gasteiger partial charge in [0.15, 0.2) is 0 Å². The third-order valence-electron chi connectivity index (χ3n) is 4.87. The molecule has 0 saturated carbocycles. The molecule has 0 bridgehead atoms. The molecule has 2 aromatic carbocycles.